The van der Waals surface area contributed by atoms with Crippen LogP contribution >= 0.6 is 11.8 Å². The molecule has 2 unspecified atom stereocenters. The van der Waals surface area contributed by atoms with Gasteiger partial charge in [0.15, 0.2) is 0 Å². The minimum atomic E-state index is -1.25. The van der Waals surface area contributed by atoms with Crippen molar-refractivity contribution >= 4 is 18.9 Å². The van der Waals surface area contributed by atoms with E-state index in [-0.39, 0.29) is 11.0 Å². The topological polar surface area (TPSA) is 86.7 Å². The molecule has 0 amide bonds. The van der Waals surface area contributed by atoms with Crippen LogP contribution < -0.4 is 5.73 Å². The van der Waals surface area contributed by atoms with Gasteiger partial charge in [0.1, 0.15) is 5.76 Å². The maximum absolute atomic E-state index is 9.46. The Labute approximate surface area is 94.7 Å². The van der Waals surface area contributed by atoms with Crippen molar-refractivity contribution in [1.82, 2.24) is 0 Å². The molecule has 1 heterocycles. The predicted octanol–water partition coefficient (Wildman–Crippen LogP) is 0.514. The van der Waals surface area contributed by atoms with E-state index in [0.717, 1.165) is 18.6 Å². The van der Waals surface area contributed by atoms with Gasteiger partial charge in [0, 0.05) is 5.25 Å². The van der Waals surface area contributed by atoms with Crippen LogP contribution in [0, 0.1) is 0 Å². The summed E-state index contributed by atoms with van der Waals surface area (Å²) in [4.78, 5) is 0. The molecule has 0 aromatic rings. The van der Waals surface area contributed by atoms with Crippen LogP contribution in [0.3, 0.4) is 0 Å². The second-order valence-corrected chi connectivity index (χ2v) is 5.32. The Morgan fingerprint density at radius 1 is 1.60 bits per heavy atom. The fourth-order valence-corrected chi connectivity index (χ4v) is 3.46. The van der Waals surface area contributed by atoms with Crippen molar-refractivity contribution in [1.29, 1.82) is 0 Å². The quantitative estimate of drug-likeness (QED) is 0.409. The fourth-order valence-electron chi connectivity index (χ4n) is 1.84. The average molecular weight is 231 g/mol. The first kappa shape index (κ1) is 12.9. The summed E-state index contributed by atoms with van der Waals surface area (Å²) in [5, 5.41) is 27.0. The van der Waals surface area contributed by atoms with Crippen LogP contribution in [0.25, 0.3) is 0 Å². The normalized spacial score (nSPS) is 30.5. The van der Waals surface area contributed by atoms with Crippen molar-refractivity contribution in [3.05, 3.63) is 12.3 Å². The minimum absolute atomic E-state index is 0.0436. The molecule has 0 saturated carbocycles. The van der Waals surface area contributed by atoms with E-state index in [0.29, 0.717) is 12.7 Å². The van der Waals surface area contributed by atoms with Gasteiger partial charge in [0.05, 0.1) is 5.54 Å². The lowest BCUT2D eigenvalue weighted by Gasteiger charge is -2.29. The van der Waals surface area contributed by atoms with E-state index >= 15 is 0 Å². The van der Waals surface area contributed by atoms with E-state index in [1.165, 1.54) is 0 Å². The van der Waals surface area contributed by atoms with Gasteiger partial charge in [0.2, 0.25) is 0 Å². The molecular formula is C9H18BNO3S. The summed E-state index contributed by atoms with van der Waals surface area (Å²) in [6.45, 7) is 3.52. The number of aliphatic hydroxyl groups is 1. The standard InChI is InChI=1S/C9H18BNO3S/c1-7(12)9(11)4-6-15-8(9)3-2-5-10(13)14/h8,12-14H,1-6,11H2. The highest BCUT2D eigenvalue weighted by Crippen LogP contribution is 2.40. The smallest absolute Gasteiger partial charge is 0.451 e. The maximum atomic E-state index is 9.46. The van der Waals surface area contributed by atoms with Crippen molar-refractivity contribution in [2.45, 2.75) is 36.4 Å². The molecule has 0 aromatic heterocycles. The van der Waals surface area contributed by atoms with Gasteiger partial charge in [-0.3, -0.25) is 0 Å². The molecule has 15 heavy (non-hydrogen) atoms. The zero-order chi connectivity index (χ0) is 11.5. The highest BCUT2D eigenvalue weighted by Gasteiger charge is 2.42. The maximum Gasteiger partial charge on any atom is 0.451 e. The van der Waals surface area contributed by atoms with Gasteiger partial charge in [-0.2, -0.15) is 11.8 Å². The zero-order valence-electron chi connectivity index (χ0n) is 8.72. The molecule has 0 aliphatic carbocycles. The largest absolute Gasteiger partial charge is 0.511 e. The monoisotopic (exact) mass is 231 g/mol. The molecule has 0 radical (unpaired) electrons. The van der Waals surface area contributed by atoms with Crippen molar-refractivity contribution < 1.29 is 15.2 Å². The Balaban J connectivity index is 2.43. The number of thioether (sulfide) groups is 1. The Kier molecular flexibility index (Phi) is 4.52. The van der Waals surface area contributed by atoms with Crippen LogP contribution in [0.1, 0.15) is 19.3 Å². The summed E-state index contributed by atoms with van der Waals surface area (Å²) in [6, 6.07) is 0. The molecule has 1 rings (SSSR count). The zero-order valence-corrected chi connectivity index (χ0v) is 9.54. The fraction of sp³-hybridized carbons (Fsp3) is 0.778. The SMILES string of the molecule is C=C(O)C1(N)CCSC1CCCB(O)O. The van der Waals surface area contributed by atoms with E-state index in [2.05, 4.69) is 6.58 Å². The molecule has 1 fully saturated rings. The Morgan fingerprint density at radius 2 is 2.27 bits per heavy atom. The molecule has 0 bridgehead atoms. The Hall–Kier alpha value is -0.165. The lowest BCUT2D eigenvalue weighted by Crippen LogP contribution is -2.47. The van der Waals surface area contributed by atoms with E-state index in [1.807, 2.05) is 0 Å². The van der Waals surface area contributed by atoms with E-state index in [1.54, 1.807) is 11.8 Å². The summed E-state index contributed by atoms with van der Waals surface area (Å²) < 4.78 is 0. The summed E-state index contributed by atoms with van der Waals surface area (Å²) in [7, 11) is -1.25. The van der Waals surface area contributed by atoms with Gasteiger partial charge >= 0.3 is 7.12 Å². The highest BCUT2D eigenvalue weighted by molar-refractivity contribution is 8.00. The van der Waals surface area contributed by atoms with Crippen molar-refractivity contribution in [2.24, 2.45) is 5.73 Å². The minimum Gasteiger partial charge on any atom is -0.511 e. The molecule has 0 aromatic carbocycles. The summed E-state index contributed by atoms with van der Waals surface area (Å²) in [5.41, 5.74) is 5.38. The molecule has 4 nitrogen and oxygen atoms in total. The van der Waals surface area contributed by atoms with Crippen LogP contribution in [0.5, 0.6) is 0 Å². The van der Waals surface area contributed by atoms with Crippen LogP contribution in [0.2, 0.25) is 6.32 Å². The van der Waals surface area contributed by atoms with E-state index in [4.69, 9.17) is 15.8 Å². The third-order valence-electron chi connectivity index (χ3n) is 2.88. The highest BCUT2D eigenvalue weighted by atomic mass is 32.2. The second-order valence-electron chi connectivity index (χ2n) is 4.01. The number of hydrogen-bond acceptors (Lipinski definition) is 5. The molecule has 0 spiro atoms. The lowest BCUT2D eigenvalue weighted by atomic mass is 9.81. The molecule has 1 aliphatic heterocycles. The number of rotatable bonds is 5. The van der Waals surface area contributed by atoms with Gasteiger partial charge in [-0.1, -0.05) is 13.0 Å². The molecule has 2 atom stereocenters. The number of nitrogens with two attached hydrogens (primary N) is 1. The van der Waals surface area contributed by atoms with Gasteiger partial charge in [-0.15, -0.1) is 0 Å². The molecule has 86 valence electrons. The first-order valence-electron chi connectivity index (χ1n) is 5.12. The summed E-state index contributed by atoms with van der Waals surface area (Å²) in [6.07, 6.45) is 2.56. The first-order valence-corrected chi connectivity index (χ1v) is 6.16. The van der Waals surface area contributed by atoms with Crippen molar-refractivity contribution in [3.63, 3.8) is 0 Å². The lowest BCUT2D eigenvalue weighted by molar-refractivity contribution is 0.287. The van der Waals surface area contributed by atoms with Gasteiger partial charge < -0.3 is 20.9 Å². The predicted molar refractivity (Wildman–Crippen MR) is 63.8 cm³/mol. The molecule has 6 heteroatoms. The summed E-state index contributed by atoms with van der Waals surface area (Å²) >= 11 is 1.72. The van der Waals surface area contributed by atoms with E-state index < -0.39 is 12.7 Å². The van der Waals surface area contributed by atoms with Crippen molar-refractivity contribution in [2.75, 3.05) is 5.75 Å². The number of aliphatic hydroxyl groups excluding tert-OH is 1. The number of hydrogen-bond donors (Lipinski definition) is 4. The van der Waals surface area contributed by atoms with Gasteiger partial charge in [-0.05, 0) is 24.9 Å². The summed E-state index contributed by atoms with van der Waals surface area (Å²) in [5.74, 6) is 0.963. The molecule has 1 aliphatic rings. The van der Waals surface area contributed by atoms with Crippen LogP contribution in [0.15, 0.2) is 12.3 Å². The second kappa shape index (κ2) is 5.25. The van der Waals surface area contributed by atoms with Crippen LogP contribution in [-0.4, -0.2) is 38.8 Å². The van der Waals surface area contributed by atoms with Gasteiger partial charge in [-0.25, -0.2) is 0 Å². The van der Waals surface area contributed by atoms with Crippen LogP contribution in [0.4, 0.5) is 0 Å². The Bertz CT molecular complexity index is 239. The van der Waals surface area contributed by atoms with Crippen molar-refractivity contribution in [3.8, 4) is 0 Å². The average Bonchev–Trinajstić information content (AvgIpc) is 2.49. The van der Waals surface area contributed by atoms with Gasteiger partial charge in [0.25, 0.3) is 0 Å². The first-order chi connectivity index (χ1) is 6.97. The third-order valence-corrected chi connectivity index (χ3v) is 4.37. The molecule has 5 N–H and O–H groups in total. The Morgan fingerprint density at radius 3 is 2.80 bits per heavy atom. The third kappa shape index (κ3) is 3.14. The van der Waals surface area contributed by atoms with E-state index in [9.17, 15) is 5.11 Å². The molecular weight excluding hydrogens is 213 g/mol. The van der Waals surface area contributed by atoms with Crippen LogP contribution in [-0.2, 0) is 0 Å². The molecule has 1 saturated heterocycles.